The van der Waals surface area contributed by atoms with E-state index < -0.39 is 0 Å². The Balaban J connectivity index is 2.40. The summed E-state index contributed by atoms with van der Waals surface area (Å²) in [4.78, 5) is 13.6. The minimum atomic E-state index is 0.234. The van der Waals surface area contributed by atoms with E-state index in [4.69, 9.17) is 0 Å². The first kappa shape index (κ1) is 9.75. The third-order valence-corrected chi connectivity index (χ3v) is 4.17. The second-order valence-corrected chi connectivity index (χ2v) is 5.36. The van der Waals surface area contributed by atoms with Crippen molar-refractivity contribution in [1.29, 1.82) is 0 Å². The third kappa shape index (κ3) is 0.999. The molecule has 0 aromatic heterocycles. The summed E-state index contributed by atoms with van der Waals surface area (Å²) in [5, 5.41) is 0. The highest BCUT2D eigenvalue weighted by molar-refractivity contribution is 5.88. The van der Waals surface area contributed by atoms with E-state index in [1.54, 1.807) is 0 Å². The lowest BCUT2D eigenvalue weighted by molar-refractivity contribution is -0.154. The fourth-order valence-electron chi connectivity index (χ4n) is 2.72. The van der Waals surface area contributed by atoms with Crippen molar-refractivity contribution in [2.24, 2.45) is 11.3 Å². The van der Waals surface area contributed by atoms with Crippen LogP contribution in [0.25, 0.3) is 0 Å². The molecule has 0 N–H and O–H groups in total. The van der Waals surface area contributed by atoms with E-state index in [1.165, 1.54) is 11.3 Å². The largest absolute Gasteiger partial charge is 0.312 e. The van der Waals surface area contributed by atoms with Gasteiger partial charge in [-0.15, -0.1) is 0 Å². The summed E-state index contributed by atoms with van der Waals surface area (Å²) in [6, 6.07) is 0.459. The lowest BCUT2D eigenvalue weighted by atomic mass is 9.68. The van der Waals surface area contributed by atoms with Crippen LogP contribution in [-0.4, -0.2) is 16.8 Å². The number of rotatable bonds is 0. The molecule has 78 valence electrons. The highest BCUT2D eigenvalue weighted by Gasteiger charge is 2.50. The molecule has 2 unspecified atom stereocenters. The molecule has 14 heavy (non-hydrogen) atoms. The normalized spacial score (nSPS) is 35.5. The Hall–Kier alpha value is -0.790. The number of hydrogen-bond acceptors (Lipinski definition) is 1. The standard InChI is InChI=1S/C12H19NO/c1-7-10-6-12(4,5)8(2)9(3)13(10)11(7)14/h7,10H,6H2,1-5H3. The number of nitrogens with zero attached hydrogens (tertiary/aromatic N) is 1. The van der Waals surface area contributed by atoms with Crippen molar-refractivity contribution >= 4 is 5.91 Å². The van der Waals surface area contributed by atoms with Gasteiger partial charge in [0, 0.05) is 11.7 Å². The molecule has 1 fully saturated rings. The van der Waals surface area contributed by atoms with Crippen molar-refractivity contribution < 1.29 is 4.79 Å². The summed E-state index contributed by atoms with van der Waals surface area (Å²) < 4.78 is 0. The molecule has 2 aliphatic rings. The predicted molar refractivity (Wildman–Crippen MR) is 56.6 cm³/mol. The number of fused-ring (bicyclic) bond motifs is 1. The molecule has 2 aliphatic heterocycles. The van der Waals surface area contributed by atoms with Crippen LogP contribution in [-0.2, 0) is 4.79 Å². The maximum atomic E-state index is 11.7. The second kappa shape index (κ2) is 2.62. The second-order valence-electron chi connectivity index (χ2n) is 5.36. The smallest absolute Gasteiger partial charge is 0.231 e. The molecule has 0 saturated carbocycles. The van der Waals surface area contributed by atoms with E-state index in [-0.39, 0.29) is 11.3 Å². The van der Waals surface area contributed by atoms with Crippen molar-refractivity contribution in [2.75, 3.05) is 0 Å². The molecule has 2 heteroatoms. The van der Waals surface area contributed by atoms with Crippen LogP contribution in [0.15, 0.2) is 11.3 Å². The van der Waals surface area contributed by atoms with Gasteiger partial charge in [0.2, 0.25) is 5.91 Å². The molecule has 2 nitrogen and oxygen atoms in total. The van der Waals surface area contributed by atoms with E-state index >= 15 is 0 Å². The fraction of sp³-hybridized carbons (Fsp3) is 0.750. The van der Waals surface area contributed by atoms with Crippen LogP contribution >= 0.6 is 0 Å². The van der Waals surface area contributed by atoms with Crippen LogP contribution in [0.2, 0.25) is 0 Å². The van der Waals surface area contributed by atoms with Crippen LogP contribution in [0.5, 0.6) is 0 Å². The van der Waals surface area contributed by atoms with Gasteiger partial charge in [-0.1, -0.05) is 20.8 Å². The van der Waals surface area contributed by atoms with Gasteiger partial charge in [0.15, 0.2) is 0 Å². The average molecular weight is 193 g/mol. The van der Waals surface area contributed by atoms with Gasteiger partial charge in [-0.25, -0.2) is 0 Å². The first-order chi connectivity index (χ1) is 6.36. The Labute approximate surface area is 86.0 Å². The summed E-state index contributed by atoms with van der Waals surface area (Å²) in [5.41, 5.74) is 2.82. The molecule has 1 amide bonds. The maximum absolute atomic E-state index is 11.7. The van der Waals surface area contributed by atoms with E-state index in [0.29, 0.717) is 11.9 Å². The molecule has 0 bridgehead atoms. The lowest BCUT2D eigenvalue weighted by Crippen LogP contribution is -2.62. The molecule has 0 aromatic carbocycles. The van der Waals surface area contributed by atoms with Crippen LogP contribution in [0, 0.1) is 11.3 Å². The van der Waals surface area contributed by atoms with Crippen LogP contribution in [0.4, 0.5) is 0 Å². The monoisotopic (exact) mass is 193 g/mol. The van der Waals surface area contributed by atoms with Gasteiger partial charge in [0.25, 0.3) is 0 Å². The Bertz CT molecular complexity index is 327. The number of amides is 1. The molecule has 0 radical (unpaired) electrons. The fourth-order valence-corrected chi connectivity index (χ4v) is 2.72. The van der Waals surface area contributed by atoms with E-state index in [0.717, 1.165) is 6.42 Å². The van der Waals surface area contributed by atoms with Crippen LogP contribution < -0.4 is 0 Å². The van der Waals surface area contributed by atoms with Gasteiger partial charge in [0.1, 0.15) is 0 Å². The van der Waals surface area contributed by atoms with E-state index in [9.17, 15) is 4.79 Å². The van der Waals surface area contributed by atoms with E-state index in [1.807, 2.05) is 11.8 Å². The molecule has 1 saturated heterocycles. The summed E-state index contributed by atoms with van der Waals surface area (Å²) >= 11 is 0. The average Bonchev–Trinajstić information content (AvgIpc) is 2.13. The third-order valence-electron chi connectivity index (χ3n) is 4.17. The molecule has 0 aliphatic carbocycles. The number of carbonyl (C=O) groups excluding carboxylic acids is 1. The van der Waals surface area contributed by atoms with Crippen molar-refractivity contribution in [2.45, 2.75) is 47.1 Å². The maximum Gasteiger partial charge on any atom is 0.231 e. The lowest BCUT2D eigenvalue weighted by Gasteiger charge is -2.54. The molecule has 2 rings (SSSR count). The minimum absolute atomic E-state index is 0.234. The Morgan fingerprint density at radius 3 is 2.50 bits per heavy atom. The summed E-state index contributed by atoms with van der Waals surface area (Å²) in [7, 11) is 0. The molecule has 2 atom stereocenters. The van der Waals surface area contributed by atoms with Crippen LogP contribution in [0.1, 0.15) is 41.0 Å². The van der Waals surface area contributed by atoms with Gasteiger partial charge in [-0.3, -0.25) is 4.79 Å². The van der Waals surface area contributed by atoms with E-state index in [2.05, 4.69) is 27.7 Å². The zero-order chi connectivity index (χ0) is 10.7. The summed E-state index contributed by atoms with van der Waals surface area (Å²) in [6.45, 7) is 10.8. The van der Waals surface area contributed by atoms with Crippen LogP contribution in [0.3, 0.4) is 0 Å². The number of carbonyl (C=O) groups is 1. The molecular formula is C12H19NO. The quantitative estimate of drug-likeness (QED) is 0.541. The minimum Gasteiger partial charge on any atom is -0.312 e. The summed E-state index contributed by atoms with van der Waals surface area (Å²) in [6.07, 6.45) is 1.11. The van der Waals surface area contributed by atoms with Crippen molar-refractivity contribution in [3.8, 4) is 0 Å². The molecule has 0 aromatic rings. The number of hydrogen-bond donors (Lipinski definition) is 0. The first-order valence-corrected chi connectivity index (χ1v) is 5.37. The summed E-state index contributed by atoms with van der Waals surface area (Å²) in [5.74, 6) is 0.541. The van der Waals surface area contributed by atoms with Gasteiger partial charge in [-0.2, -0.15) is 0 Å². The zero-order valence-corrected chi connectivity index (χ0v) is 9.72. The highest BCUT2D eigenvalue weighted by atomic mass is 16.2. The zero-order valence-electron chi connectivity index (χ0n) is 9.72. The molecule has 2 heterocycles. The van der Waals surface area contributed by atoms with Gasteiger partial charge < -0.3 is 4.90 Å². The highest BCUT2D eigenvalue weighted by Crippen LogP contribution is 2.47. The van der Waals surface area contributed by atoms with Crippen molar-refractivity contribution in [3.63, 3.8) is 0 Å². The Kier molecular flexibility index (Phi) is 1.82. The van der Waals surface area contributed by atoms with Gasteiger partial charge in [0.05, 0.1) is 5.92 Å². The van der Waals surface area contributed by atoms with Gasteiger partial charge >= 0.3 is 0 Å². The van der Waals surface area contributed by atoms with Crippen molar-refractivity contribution in [1.82, 2.24) is 4.90 Å². The van der Waals surface area contributed by atoms with Gasteiger partial charge in [-0.05, 0) is 31.3 Å². The SMILES string of the molecule is CC1=C(C)C(C)(C)CC2C(C)C(=O)N12. The number of allylic oxidation sites excluding steroid dienone is 2. The molecule has 0 spiro atoms. The number of β-lactam (4-membered cyclic amide) rings is 1. The Morgan fingerprint density at radius 1 is 1.36 bits per heavy atom. The first-order valence-electron chi connectivity index (χ1n) is 5.37. The predicted octanol–water partition coefficient (Wildman–Crippen LogP) is 2.56. The topological polar surface area (TPSA) is 20.3 Å². The van der Waals surface area contributed by atoms with Crippen molar-refractivity contribution in [3.05, 3.63) is 11.3 Å². The Morgan fingerprint density at radius 2 is 1.93 bits per heavy atom. The molecular weight excluding hydrogens is 174 g/mol.